The first kappa shape index (κ1) is 19.0. The Morgan fingerprint density at radius 1 is 1.03 bits per heavy atom. The summed E-state index contributed by atoms with van der Waals surface area (Å²) in [6.45, 7) is 1.59. The predicted molar refractivity (Wildman–Crippen MR) is 115 cm³/mol. The lowest BCUT2D eigenvalue weighted by molar-refractivity contribution is 0.370. The van der Waals surface area contributed by atoms with Gasteiger partial charge in [0.1, 0.15) is 5.82 Å². The number of benzene rings is 2. The van der Waals surface area contributed by atoms with Crippen molar-refractivity contribution < 1.29 is 12.8 Å². The molecule has 0 fully saturated rings. The summed E-state index contributed by atoms with van der Waals surface area (Å²) in [6.07, 6.45) is 4.65. The summed E-state index contributed by atoms with van der Waals surface area (Å²) in [5, 5.41) is 5.82. The molecule has 0 saturated carbocycles. The summed E-state index contributed by atoms with van der Waals surface area (Å²) in [6, 6.07) is 11.0. The van der Waals surface area contributed by atoms with Crippen molar-refractivity contribution in [3.05, 3.63) is 66.2 Å². The van der Waals surface area contributed by atoms with Crippen molar-refractivity contribution in [2.75, 3.05) is 20.1 Å². The smallest absolute Gasteiger partial charge is 0.283 e. The van der Waals surface area contributed by atoms with Gasteiger partial charge in [0, 0.05) is 42.6 Å². The molecule has 4 aromatic rings. The Kier molecular flexibility index (Phi) is 4.30. The molecular weight excluding hydrogens is 403 g/mol. The van der Waals surface area contributed by atoms with Gasteiger partial charge in [-0.25, -0.2) is 4.39 Å². The van der Waals surface area contributed by atoms with Gasteiger partial charge in [0.25, 0.3) is 10.0 Å². The van der Waals surface area contributed by atoms with E-state index in [-0.39, 0.29) is 4.90 Å². The molecule has 154 valence electrons. The molecule has 1 aliphatic rings. The van der Waals surface area contributed by atoms with Gasteiger partial charge in [0.2, 0.25) is 0 Å². The fourth-order valence-corrected chi connectivity index (χ4v) is 5.31. The Hall–Kier alpha value is -2.97. The second-order valence-electron chi connectivity index (χ2n) is 7.75. The van der Waals surface area contributed by atoms with Gasteiger partial charge < -0.3 is 9.47 Å². The Morgan fingerprint density at radius 3 is 2.60 bits per heavy atom. The maximum absolute atomic E-state index is 14.0. The summed E-state index contributed by atoms with van der Waals surface area (Å²) in [5.74, 6) is -0.417. The van der Waals surface area contributed by atoms with E-state index in [2.05, 4.69) is 10.00 Å². The molecule has 0 radical (unpaired) electrons. The topological polar surface area (TPSA) is 60.1 Å². The van der Waals surface area contributed by atoms with Crippen LogP contribution in [-0.2, 0) is 17.1 Å². The zero-order valence-electron chi connectivity index (χ0n) is 16.7. The van der Waals surface area contributed by atoms with Crippen LogP contribution >= 0.6 is 0 Å². The molecule has 6 nitrogen and oxygen atoms in total. The van der Waals surface area contributed by atoms with Gasteiger partial charge in [-0.2, -0.15) is 17.6 Å². The van der Waals surface area contributed by atoms with Crippen molar-refractivity contribution in [3.8, 4) is 0 Å². The molecule has 2 aromatic heterocycles. The lowest BCUT2D eigenvalue weighted by atomic mass is 10.0. The van der Waals surface area contributed by atoms with Crippen LogP contribution in [0.4, 0.5) is 4.39 Å². The highest BCUT2D eigenvalue weighted by Gasteiger charge is 2.25. The van der Waals surface area contributed by atoms with Gasteiger partial charge in [0.05, 0.1) is 16.1 Å². The van der Waals surface area contributed by atoms with E-state index in [1.54, 1.807) is 18.2 Å². The van der Waals surface area contributed by atoms with Crippen LogP contribution in [-0.4, -0.2) is 47.2 Å². The van der Waals surface area contributed by atoms with Gasteiger partial charge >= 0.3 is 0 Å². The first-order valence-electron chi connectivity index (χ1n) is 9.71. The van der Waals surface area contributed by atoms with Crippen molar-refractivity contribution in [2.45, 2.75) is 11.3 Å². The van der Waals surface area contributed by atoms with Crippen LogP contribution in [0.5, 0.6) is 0 Å². The van der Waals surface area contributed by atoms with Crippen LogP contribution in [0.3, 0.4) is 0 Å². The Bertz CT molecular complexity index is 1430. The van der Waals surface area contributed by atoms with Gasteiger partial charge in [-0.3, -0.25) is 0 Å². The van der Waals surface area contributed by atoms with E-state index < -0.39 is 15.8 Å². The maximum Gasteiger partial charge on any atom is 0.283 e. The number of likely N-dealkylation sites (N-methyl/N-ethyl adjacent to an activating group) is 1. The average Bonchev–Trinajstić information content (AvgIpc) is 3.29. The van der Waals surface area contributed by atoms with E-state index in [0.29, 0.717) is 16.6 Å². The van der Waals surface area contributed by atoms with Crippen LogP contribution in [0.1, 0.15) is 12.1 Å². The first-order chi connectivity index (χ1) is 14.3. The van der Waals surface area contributed by atoms with E-state index in [4.69, 9.17) is 0 Å². The second kappa shape index (κ2) is 6.78. The quantitative estimate of drug-likeness (QED) is 0.504. The molecule has 0 saturated heterocycles. The molecule has 3 heterocycles. The number of nitrogens with zero attached hydrogens (tertiary/aromatic N) is 4. The highest BCUT2D eigenvalue weighted by atomic mass is 32.2. The summed E-state index contributed by atoms with van der Waals surface area (Å²) in [4.78, 5) is 2.31. The number of hydrogen-bond acceptors (Lipinski definition) is 4. The summed E-state index contributed by atoms with van der Waals surface area (Å²) in [5.41, 5.74) is 2.79. The second-order valence-corrected chi connectivity index (χ2v) is 9.51. The van der Waals surface area contributed by atoms with Crippen LogP contribution in [0.2, 0.25) is 0 Å². The molecule has 0 amide bonds. The number of fused-ring (bicyclic) bond motifs is 2. The number of aromatic nitrogens is 3. The Balaban J connectivity index is 1.71. The van der Waals surface area contributed by atoms with Gasteiger partial charge in [-0.05, 0) is 61.5 Å². The number of hydrogen-bond donors (Lipinski definition) is 0. The minimum absolute atomic E-state index is 0.152. The van der Waals surface area contributed by atoms with Gasteiger partial charge in [-0.15, -0.1) is 0 Å². The van der Waals surface area contributed by atoms with E-state index in [9.17, 15) is 12.8 Å². The largest absolute Gasteiger partial charge is 0.351 e. The molecule has 0 bridgehead atoms. The monoisotopic (exact) mass is 424 g/mol. The van der Waals surface area contributed by atoms with E-state index >= 15 is 0 Å². The predicted octanol–water partition coefficient (Wildman–Crippen LogP) is 3.62. The summed E-state index contributed by atoms with van der Waals surface area (Å²) in [7, 11) is -0.0210. The molecule has 1 aliphatic heterocycles. The molecule has 30 heavy (non-hydrogen) atoms. The van der Waals surface area contributed by atoms with Crippen molar-refractivity contribution in [2.24, 2.45) is 7.05 Å². The first-order valence-corrected chi connectivity index (χ1v) is 11.2. The zero-order chi connectivity index (χ0) is 21.0. The molecule has 0 aliphatic carbocycles. The standard InChI is InChI=1S/C22H21FN4O2S/c1-25-10-7-15(8-11-25)22-19-14-17(23)3-5-21(19)27(24-22)30(28,29)18-4-6-20-16(13-18)9-12-26(20)2/h3-7,9,12-14H,8,10-11H2,1-2H3. The van der Waals surface area contributed by atoms with Crippen LogP contribution in [0.25, 0.3) is 27.4 Å². The zero-order valence-corrected chi connectivity index (χ0v) is 17.5. The van der Waals surface area contributed by atoms with Crippen molar-refractivity contribution in [3.63, 3.8) is 0 Å². The third-order valence-electron chi connectivity index (χ3n) is 5.71. The van der Waals surface area contributed by atoms with Crippen LogP contribution < -0.4 is 0 Å². The third kappa shape index (κ3) is 2.95. The van der Waals surface area contributed by atoms with Gasteiger partial charge in [0.15, 0.2) is 0 Å². The Labute approximate surface area is 173 Å². The minimum atomic E-state index is -3.95. The van der Waals surface area contributed by atoms with E-state index in [1.807, 2.05) is 37.0 Å². The number of aryl methyl sites for hydroxylation is 1. The molecule has 0 N–H and O–H groups in total. The third-order valence-corrected chi connectivity index (χ3v) is 7.29. The SMILES string of the molecule is CN1CC=C(c2nn(S(=O)(=O)c3ccc4c(ccn4C)c3)c3ccc(F)cc23)CC1. The maximum atomic E-state index is 14.0. The average molecular weight is 425 g/mol. The molecule has 0 unspecified atom stereocenters. The van der Waals surface area contributed by atoms with Crippen molar-refractivity contribution >= 4 is 37.4 Å². The fourth-order valence-electron chi connectivity index (χ4n) is 3.99. The van der Waals surface area contributed by atoms with Crippen LogP contribution in [0.15, 0.2) is 59.6 Å². The minimum Gasteiger partial charge on any atom is -0.351 e. The molecule has 8 heteroatoms. The van der Waals surface area contributed by atoms with Crippen molar-refractivity contribution in [1.82, 2.24) is 18.7 Å². The lowest BCUT2D eigenvalue weighted by Crippen LogP contribution is -2.24. The van der Waals surface area contributed by atoms with E-state index in [0.717, 1.165) is 40.1 Å². The summed E-state index contributed by atoms with van der Waals surface area (Å²) < 4.78 is 44.0. The molecule has 2 aromatic carbocycles. The molecule has 0 atom stereocenters. The van der Waals surface area contributed by atoms with E-state index in [1.165, 1.54) is 18.2 Å². The lowest BCUT2D eigenvalue weighted by Gasteiger charge is -2.21. The Morgan fingerprint density at radius 2 is 1.83 bits per heavy atom. The molecule has 0 spiro atoms. The van der Waals surface area contributed by atoms with Crippen LogP contribution in [0, 0.1) is 5.82 Å². The fraction of sp³-hybridized carbons (Fsp3) is 0.227. The summed E-state index contributed by atoms with van der Waals surface area (Å²) >= 11 is 0. The molecule has 5 rings (SSSR count). The van der Waals surface area contributed by atoms with Gasteiger partial charge in [-0.1, -0.05) is 6.08 Å². The van der Waals surface area contributed by atoms with Crippen molar-refractivity contribution in [1.29, 1.82) is 0 Å². The molecular formula is C22H21FN4O2S. The normalized spacial score (nSPS) is 15.8. The highest BCUT2D eigenvalue weighted by Crippen LogP contribution is 2.31. The highest BCUT2D eigenvalue weighted by molar-refractivity contribution is 7.90. The number of rotatable bonds is 3. The number of halogens is 1.